The molecule has 0 bridgehead atoms. The lowest BCUT2D eigenvalue weighted by Crippen LogP contribution is -2.19. The first-order valence-electron chi connectivity index (χ1n) is 5.53. The molecular weight excluding hydrogens is 247 g/mol. The van der Waals surface area contributed by atoms with Gasteiger partial charge in [-0.3, -0.25) is 0 Å². The van der Waals surface area contributed by atoms with Crippen LogP contribution in [0.1, 0.15) is 5.56 Å². The van der Waals surface area contributed by atoms with Crippen molar-refractivity contribution < 1.29 is 22.6 Å². The summed E-state index contributed by atoms with van der Waals surface area (Å²) in [6, 6.07) is 7.35. The number of alkyl halides is 3. The Labute approximate surface area is 104 Å². The first-order valence-corrected chi connectivity index (χ1v) is 5.53. The van der Waals surface area contributed by atoms with Gasteiger partial charge in [0.25, 0.3) is 0 Å². The van der Waals surface area contributed by atoms with E-state index in [1.807, 2.05) is 25.2 Å². The molecule has 0 saturated heterocycles. The summed E-state index contributed by atoms with van der Waals surface area (Å²) in [5.41, 5.74) is 0.954. The number of hydrogen-bond acceptors (Lipinski definition) is 3. The summed E-state index contributed by atoms with van der Waals surface area (Å²) < 4.78 is 45.2. The van der Waals surface area contributed by atoms with Crippen LogP contribution in [0.15, 0.2) is 24.3 Å². The summed E-state index contributed by atoms with van der Waals surface area (Å²) in [6.07, 6.45) is -4.29. The summed E-state index contributed by atoms with van der Waals surface area (Å²) in [5, 5.41) is 2.99. The number of rotatable bonds is 7. The number of benzene rings is 1. The van der Waals surface area contributed by atoms with Crippen LogP contribution in [0.25, 0.3) is 0 Å². The fraction of sp³-hybridized carbons (Fsp3) is 0.500. The van der Waals surface area contributed by atoms with E-state index in [0.717, 1.165) is 5.56 Å². The smallest absolute Gasteiger partial charge is 0.411 e. The van der Waals surface area contributed by atoms with Crippen LogP contribution in [0, 0.1) is 0 Å². The van der Waals surface area contributed by atoms with E-state index >= 15 is 0 Å². The van der Waals surface area contributed by atoms with Gasteiger partial charge in [0.05, 0.1) is 6.61 Å². The van der Waals surface area contributed by atoms with Crippen LogP contribution < -0.4 is 10.1 Å². The van der Waals surface area contributed by atoms with Crippen molar-refractivity contribution in [1.29, 1.82) is 0 Å². The first kappa shape index (κ1) is 14.8. The minimum Gasteiger partial charge on any atom is -0.491 e. The second kappa shape index (κ2) is 7.23. The molecule has 0 spiro atoms. The van der Waals surface area contributed by atoms with Gasteiger partial charge in [0.2, 0.25) is 0 Å². The lowest BCUT2D eigenvalue weighted by atomic mass is 10.2. The molecule has 6 heteroatoms. The lowest BCUT2D eigenvalue weighted by molar-refractivity contribution is -0.175. The van der Waals surface area contributed by atoms with Crippen molar-refractivity contribution in [3.8, 4) is 5.75 Å². The highest BCUT2D eigenvalue weighted by atomic mass is 19.4. The second-order valence-electron chi connectivity index (χ2n) is 3.65. The van der Waals surface area contributed by atoms with E-state index in [1.165, 1.54) is 0 Å². The molecule has 0 aliphatic heterocycles. The molecule has 0 aliphatic rings. The molecule has 0 unspecified atom stereocenters. The van der Waals surface area contributed by atoms with E-state index in [9.17, 15) is 13.2 Å². The molecule has 0 aliphatic carbocycles. The topological polar surface area (TPSA) is 30.5 Å². The number of hydrogen-bond donors (Lipinski definition) is 1. The van der Waals surface area contributed by atoms with Gasteiger partial charge in [-0.2, -0.15) is 13.2 Å². The fourth-order valence-electron chi connectivity index (χ4n) is 1.38. The molecule has 0 radical (unpaired) electrons. The molecule has 0 saturated carbocycles. The molecule has 1 N–H and O–H groups in total. The Morgan fingerprint density at radius 2 is 1.89 bits per heavy atom. The van der Waals surface area contributed by atoms with Crippen LogP contribution >= 0.6 is 0 Å². The highest BCUT2D eigenvalue weighted by molar-refractivity contribution is 5.33. The van der Waals surface area contributed by atoms with E-state index in [2.05, 4.69) is 10.1 Å². The van der Waals surface area contributed by atoms with E-state index in [4.69, 9.17) is 4.74 Å². The van der Waals surface area contributed by atoms with Gasteiger partial charge in [-0.1, -0.05) is 18.2 Å². The summed E-state index contributed by atoms with van der Waals surface area (Å²) in [5.74, 6) is 0.655. The minimum absolute atomic E-state index is 0.0899. The predicted molar refractivity (Wildman–Crippen MR) is 61.6 cm³/mol. The van der Waals surface area contributed by atoms with Crippen LogP contribution in [0.2, 0.25) is 0 Å². The Bertz CT molecular complexity index is 355. The monoisotopic (exact) mass is 263 g/mol. The highest BCUT2D eigenvalue weighted by Gasteiger charge is 2.27. The summed E-state index contributed by atoms with van der Waals surface area (Å²) in [7, 11) is 1.81. The Hall–Kier alpha value is -1.27. The summed E-state index contributed by atoms with van der Waals surface area (Å²) in [6.45, 7) is -0.599. The SMILES string of the molecule is CNCc1ccccc1OCCOCC(F)(F)F. The van der Waals surface area contributed by atoms with Crippen molar-refractivity contribution in [2.45, 2.75) is 12.7 Å². The Kier molecular flexibility index (Phi) is 5.94. The predicted octanol–water partition coefficient (Wildman–Crippen LogP) is 2.36. The molecule has 0 atom stereocenters. The van der Waals surface area contributed by atoms with E-state index < -0.39 is 12.8 Å². The van der Waals surface area contributed by atoms with Crippen molar-refractivity contribution in [2.24, 2.45) is 0 Å². The number of halogens is 3. The molecule has 0 amide bonds. The third-order valence-electron chi connectivity index (χ3n) is 2.09. The fourth-order valence-corrected chi connectivity index (χ4v) is 1.38. The van der Waals surface area contributed by atoms with E-state index in [0.29, 0.717) is 12.3 Å². The van der Waals surface area contributed by atoms with Gasteiger partial charge < -0.3 is 14.8 Å². The maximum absolute atomic E-state index is 11.8. The van der Waals surface area contributed by atoms with E-state index in [-0.39, 0.29) is 13.2 Å². The zero-order valence-corrected chi connectivity index (χ0v) is 10.1. The number of para-hydroxylation sites is 1. The number of ether oxygens (including phenoxy) is 2. The molecule has 1 aromatic carbocycles. The van der Waals surface area contributed by atoms with E-state index in [1.54, 1.807) is 6.07 Å². The molecule has 18 heavy (non-hydrogen) atoms. The van der Waals surface area contributed by atoms with Crippen molar-refractivity contribution in [1.82, 2.24) is 5.32 Å². The van der Waals surface area contributed by atoms with Gasteiger partial charge in [0.1, 0.15) is 19.0 Å². The van der Waals surface area contributed by atoms with Gasteiger partial charge in [0.15, 0.2) is 0 Å². The van der Waals surface area contributed by atoms with Crippen LogP contribution in [0.5, 0.6) is 5.75 Å². The molecule has 3 nitrogen and oxygen atoms in total. The zero-order valence-electron chi connectivity index (χ0n) is 10.1. The average molecular weight is 263 g/mol. The summed E-state index contributed by atoms with van der Waals surface area (Å²) >= 11 is 0. The van der Waals surface area contributed by atoms with Crippen molar-refractivity contribution in [2.75, 3.05) is 26.9 Å². The van der Waals surface area contributed by atoms with Crippen LogP contribution in [0.4, 0.5) is 13.2 Å². The molecule has 0 fully saturated rings. The third kappa shape index (κ3) is 5.88. The standard InChI is InChI=1S/C12H16F3NO2/c1-16-8-10-4-2-3-5-11(10)18-7-6-17-9-12(13,14)15/h2-5,16H,6-9H2,1H3. The van der Waals surface area contributed by atoms with Crippen LogP contribution in [-0.4, -0.2) is 33.0 Å². The van der Waals surface area contributed by atoms with Crippen molar-refractivity contribution >= 4 is 0 Å². The second-order valence-corrected chi connectivity index (χ2v) is 3.65. The van der Waals surface area contributed by atoms with Gasteiger partial charge in [-0.05, 0) is 13.1 Å². The number of nitrogens with one attached hydrogen (secondary N) is 1. The minimum atomic E-state index is -4.29. The first-order chi connectivity index (χ1) is 8.53. The van der Waals surface area contributed by atoms with Gasteiger partial charge in [-0.15, -0.1) is 0 Å². The van der Waals surface area contributed by atoms with Gasteiger partial charge in [0, 0.05) is 12.1 Å². The molecule has 0 heterocycles. The molecule has 0 aromatic heterocycles. The maximum Gasteiger partial charge on any atom is 0.411 e. The van der Waals surface area contributed by atoms with Crippen molar-refractivity contribution in [3.63, 3.8) is 0 Å². The Morgan fingerprint density at radius 1 is 1.17 bits per heavy atom. The Morgan fingerprint density at radius 3 is 2.56 bits per heavy atom. The van der Waals surface area contributed by atoms with Crippen molar-refractivity contribution in [3.05, 3.63) is 29.8 Å². The normalized spacial score (nSPS) is 11.6. The largest absolute Gasteiger partial charge is 0.491 e. The highest BCUT2D eigenvalue weighted by Crippen LogP contribution is 2.18. The van der Waals surface area contributed by atoms with Gasteiger partial charge >= 0.3 is 6.18 Å². The molecule has 1 rings (SSSR count). The Balaban J connectivity index is 2.31. The third-order valence-corrected chi connectivity index (χ3v) is 2.09. The maximum atomic E-state index is 11.8. The zero-order chi connectivity index (χ0) is 13.4. The molecule has 1 aromatic rings. The lowest BCUT2D eigenvalue weighted by Gasteiger charge is -2.12. The quantitative estimate of drug-likeness (QED) is 0.766. The van der Waals surface area contributed by atoms with Crippen LogP contribution in [-0.2, 0) is 11.3 Å². The molecular formula is C12H16F3NO2. The average Bonchev–Trinajstić information content (AvgIpc) is 2.29. The summed E-state index contributed by atoms with van der Waals surface area (Å²) in [4.78, 5) is 0. The van der Waals surface area contributed by atoms with Crippen LogP contribution in [0.3, 0.4) is 0 Å². The van der Waals surface area contributed by atoms with Gasteiger partial charge in [-0.25, -0.2) is 0 Å². The molecule has 102 valence electrons.